The molecule has 0 unspecified atom stereocenters. The van der Waals surface area contributed by atoms with E-state index >= 15 is 0 Å². The zero-order valence-electron chi connectivity index (χ0n) is 17.7. The van der Waals surface area contributed by atoms with Crippen molar-refractivity contribution in [2.24, 2.45) is 5.92 Å². The lowest BCUT2D eigenvalue weighted by atomic mass is 10.0. The van der Waals surface area contributed by atoms with Gasteiger partial charge in [-0.25, -0.2) is 0 Å². The van der Waals surface area contributed by atoms with E-state index in [0.29, 0.717) is 5.92 Å². The molecule has 0 N–H and O–H groups in total. The largest absolute Gasteiger partial charge is 0.416 e. The van der Waals surface area contributed by atoms with Crippen molar-refractivity contribution in [3.8, 4) is 0 Å². The van der Waals surface area contributed by atoms with Crippen molar-refractivity contribution in [2.75, 3.05) is 6.61 Å². The second-order valence-electron chi connectivity index (χ2n) is 9.99. The van der Waals surface area contributed by atoms with Gasteiger partial charge in [0.25, 0.3) is 0 Å². The Morgan fingerprint density at radius 1 is 0.913 bits per heavy atom. The molecule has 0 amide bonds. The van der Waals surface area contributed by atoms with Gasteiger partial charge >= 0.3 is 0 Å². The molecule has 0 aliphatic rings. The molecule has 0 aromatic heterocycles. The predicted octanol–water partition coefficient (Wildman–Crippen LogP) is 6.61. The molecule has 23 heavy (non-hydrogen) atoms. The third-order valence-corrected chi connectivity index (χ3v) is 14.8. The first-order valence-corrected chi connectivity index (χ1v) is 14.8. The highest BCUT2D eigenvalue weighted by Crippen LogP contribution is 2.39. The maximum atomic E-state index is 6.66. The predicted molar refractivity (Wildman–Crippen MR) is 109 cm³/mol. The minimum absolute atomic E-state index is 0.207. The van der Waals surface area contributed by atoms with Crippen molar-refractivity contribution in [3.63, 3.8) is 0 Å². The fourth-order valence-electron chi connectivity index (χ4n) is 1.78. The Balaban J connectivity index is 4.95. The van der Waals surface area contributed by atoms with Crippen LogP contribution in [0.25, 0.3) is 0 Å². The third kappa shape index (κ3) is 6.85. The van der Waals surface area contributed by atoms with Crippen LogP contribution in [0.2, 0.25) is 36.3 Å². The van der Waals surface area contributed by atoms with Gasteiger partial charge in [-0.15, -0.1) is 6.58 Å². The van der Waals surface area contributed by atoms with Crippen LogP contribution in [0.15, 0.2) is 12.7 Å². The minimum Gasteiger partial charge on any atom is -0.416 e. The van der Waals surface area contributed by atoms with E-state index in [0.717, 1.165) is 13.0 Å². The summed E-state index contributed by atoms with van der Waals surface area (Å²) >= 11 is 0. The highest BCUT2D eigenvalue weighted by molar-refractivity contribution is 6.74. The second-order valence-corrected chi connectivity index (χ2v) is 19.6. The first-order valence-electron chi connectivity index (χ1n) is 8.98. The average molecular weight is 359 g/mol. The van der Waals surface area contributed by atoms with Crippen LogP contribution in [0.4, 0.5) is 0 Å². The lowest BCUT2D eigenvalue weighted by Gasteiger charge is -2.42. The molecule has 0 heterocycles. The third-order valence-electron chi connectivity index (χ3n) is 5.80. The van der Waals surface area contributed by atoms with Crippen LogP contribution >= 0.6 is 0 Å². The van der Waals surface area contributed by atoms with Gasteiger partial charge in [-0.1, -0.05) is 54.5 Å². The first kappa shape index (κ1) is 23.1. The fraction of sp³-hybridized carbons (Fsp3) is 0.895. The summed E-state index contributed by atoms with van der Waals surface area (Å²) in [6.45, 7) is 30.0. The molecule has 0 saturated carbocycles. The molecule has 2 nitrogen and oxygen atoms in total. The Hall–Kier alpha value is 0.0938. The standard InChI is InChI=1S/C19H42O2Si2/c1-13-14-17(21-23(11,12)19(6,7)8)16(2)15-20-22(9,10)18(3,4)5/h13,16-17H,1,14-15H2,2-12H3/t16-,17-/m0/s1. The first-order chi connectivity index (χ1) is 10.0. The summed E-state index contributed by atoms with van der Waals surface area (Å²) < 4.78 is 13.1. The van der Waals surface area contributed by atoms with E-state index < -0.39 is 16.6 Å². The summed E-state index contributed by atoms with van der Waals surface area (Å²) in [5.41, 5.74) is 0. The fourth-order valence-corrected chi connectivity index (χ4v) is 4.33. The van der Waals surface area contributed by atoms with Crippen molar-refractivity contribution in [1.82, 2.24) is 0 Å². The van der Waals surface area contributed by atoms with Gasteiger partial charge in [-0.2, -0.15) is 0 Å². The van der Waals surface area contributed by atoms with Crippen LogP contribution in [-0.4, -0.2) is 29.3 Å². The maximum Gasteiger partial charge on any atom is 0.192 e. The molecule has 0 rings (SSSR count). The van der Waals surface area contributed by atoms with Crippen molar-refractivity contribution in [2.45, 2.75) is 97.3 Å². The topological polar surface area (TPSA) is 18.5 Å². The van der Waals surface area contributed by atoms with Crippen LogP contribution in [0.5, 0.6) is 0 Å². The molecule has 2 atom stereocenters. The second kappa shape index (κ2) is 7.98. The molecule has 0 radical (unpaired) electrons. The van der Waals surface area contributed by atoms with E-state index in [4.69, 9.17) is 8.85 Å². The van der Waals surface area contributed by atoms with E-state index in [1.54, 1.807) is 0 Å². The van der Waals surface area contributed by atoms with Crippen LogP contribution in [0, 0.1) is 5.92 Å². The minimum atomic E-state index is -1.77. The molecule has 0 aliphatic carbocycles. The van der Waals surface area contributed by atoms with Crippen molar-refractivity contribution in [3.05, 3.63) is 12.7 Å². The van der Waals surface area contributed by atoms with E-state index in [1.807, 2.05) is 6.08 Å². The molecule has 4 heteroatoms. The highest BCUT2D eigenvalue weighted by Gasteiger charge is 2.41. The van der Waals surface area contributed by atoms with E-state index in [2.05, 4.69) is 81.2 Å². The number of hydrogen-bond acceptors (Lipinski definition) is 2. The lowest BCUT2D eigenvalue weighted by Crippen LogP contribution is -2.47. The van der Waals surface area contributed by atoms with Gasteiger partial charge in [-0.3, -0.25) is 0 Å². The Morgan fingerprint density at radius 3 is 1.70 bits per heavy atom. The zero-order valence-corrected chi connectivity index (χ0v) is 19.7. The molecule has 0 fully saturated rings. The smallest absolute Gasteiger partial charge is 0.192 e. The lowest BCUT2D eigenvalue weighted by molar-refractivity contribution is 0.0902. The normalized spacial score (nSPS) is 17.0. The van der Waals surface area contributed by atoms with Crippen LogP contribution in [0.1, 0.15) is 54.9 Å². The number of rotatable bonds is 8. The summed E-state index contributed by atoms with van der Waals surface area (Å²) in [7, 11) is -3.47. The SMILES string of the molecule is C=CC[C@H](O[Si](C)(C)C(C)(C)C)[C@@H](C)CO[Si](C)(C)C(C)(C)C. The van der Waals surface area contributed by atoms with Gasteiger partial charge in [0, 0.05) is 12.5 Å². The summed E-state index contributed by atoms with van der Waals surface area (Å²) in [6.07, 6.45) is 3.09. The van der Waals surface area contributed by atoms with Gasteiger partial charge in [-0.05, 0) is 42.7 Å². The van der Waals surface area contributed by atoms with Gasteiger partial charge < -0.3 is 8.85 Å². The quantitative estimate of drug-likeness (QED) is 0.359. The highest BCUT2D eigenvalue weighted by atomic mass is 28.4. The van der Waals surface area contributed by atoms with Crippen molar-refractivity contribution in [1.29, 1.82) is 0 Å². The van der Waals surface area contributed by atoms with Crippen molar-refractivity contribution >= 4 is 16.6 Å². The molecular formula is C19H42O2Si2. The van der Waals surface area contributed by atoms with Gasteiger partial charge in [0.2, 0.25) is 0 Å². The summed E-state index contributed by atoms with van der Waals surface area (Å²) in [5, 5.41) is 0.480. The molecule has 0 aromatic rings. The number of hydrogen-bond donors (Lipinski definition) is 0. The molecule has 0 aliphatic heterocycles. The molecule has 0 aromatic carbocycles. The molecule has 0 spiro atoms. The maximum absolute atomic E-state index is 6.66. The summed E-state index contributed by atoms with van der Waals surface area (Å²) in [5.74, 6) is 0.385. The summed E-state index contributed by atoms with van der Waals surface area (Å²) in [6, 6.07) is 0. The van der Waals surface area contributed by atoms with Gasteiger partial charge in [0.1, 0.15) is 0 Å². The molecule has 138 valence electrons. The monoisotopic (exact) mass is 358 g/mol. The van der Waals surface area contributed by atoms with Gasteiger partial charge in [0.15, 0.2) is 16.6 Å². The zero-order chi connectivity index (χ0) is 18.7. The van der Waals surface area contributed by atoms with Crippen LogP contribution in [-0.2, 0) is 8.85 Å². The van der Waals surface area contributed by atoms with E-state index in [1.165, 1.54) is 0 Å². The van der Waals surface area contributed by atoms with Crippen LogP contribution < -0.4 is 0 Å². The average Bonchev–Trinajstić information content (AvgIpc) is 2.32. The van der Waals surface area contributed by atoms with E-state index in [-0.39, 0.29) is 16.2 Å². The van der Waals surface area contributed by atoms with Crippen molar-refractivity contribution < 1.29 is 8.85 Å². The van der Waals surface area contributed by atoms with E-state index in [9.17, 15) is 0 Å². The molecule has 0 bridgehead atoms. The Kier molecular flexibility index (Phi) is 8.01. The van der Waals surface area contributed by atoms with Gasteiger partial charge in [0.05, 0.1) is 6.10 Å². The Labute approximate surface area is 148 Å². The Morgan fingerprint density at radius 2 is 1.35 bits per heavy atom. The Bertz CT molecular complexity index is 376. The molecule has 0 saturated heterocycles. The molecular weight excluding hydrogens is 316 g/mol. The summed E-state index contributed by atoms with van der Waals surface area (Å²) in [4.78, 5) is 0. The van der Waals surface area contributed by atoms with Crippen LogP contribution in [0.3, 0.4) is 0 Å².